The molecule has 0 saturated carbocycles. The maximum Gasteiger partial charge on any atom is 0.338 e. The number of rotatable bonds is 4. The van der Waals surface area contributed by atoms with Gasteiger partial charge in [-0.15, -0.1) is 0 Å². The Kier molecular flexibility index (Phi) is 4.60. The quantitative estimate of drug-likeness (QED) is 0.878. The van der Waals surface area contributed by atoms with E-state index in [4.69, 9.17) is 9.26 Å². The molecule has 6 nitrogen and oxygen atoms in total. The fourth-order valence-electron chi connectivity index (χ4n) is 2.03. The summed E-state index contributed by atoms with van der Waals surface area (Å²) in [7, 11) is 0. The predicted octanol–water partition coefficient (Wildman–Crippen LogP) is 2.78. The van der Waals surface area contributed by atoms with Crippen LogP contribution in [0.4, 0.5) is 5.82 Å². The lowest BCUT2D eigenvalue weighted by Crippen LogP contribution is -2.30. The molecule has 0 unspecified atom stereocenters. The first-order valence-corrected chi connectivity index (χ1v) is 6.88. The van der Waals surface area contributed by atoms with Gasteiger partial charge >= 0.3 is 5.97 Å². The molecule has 0 fully saturated rings. The van der Waals surface area contributed by atoms with Crippen LogP contribution in [0.25, 0.3) is 0 Å². The highest BCUT2D eigenvalue weighted by molar-refractivity contribution is 5.96. The number of carbonyl (C=O) groups excluding carboxylic acids is 2. The topological polar surface area (TPSA) is 81.4 Å². The third-order valence-corrected chi connectivity index (χ3v) is 2.99. The maximum absolute atomic E-state index is 12.1. The van der Waals surface area contributed by atoms with Gasteiger partial charge in [0.05, 0.1) is 5.56 Å². The van der Waals surface area contributed by atoms with Gasteiger partial charge in [-0.2, -0.15) is 0 Å². The van der Waals surface area contributed by atoms with Crippen LogP contribution in [0.2, 0.25) is 0 Å². The highest BCUT2D eigenvalue weighted by atomic mass is 16.5. The molecule has 1 amide bonds. The van der Waals surface area contributed by atoms with Gasteiger partial charge in [-0.1, -0.05) is 22.3 Å². The summed E-state index contributed by atoms with van der Waals surface area (Å²) >= 11 is 0. The summed E-state index contributed by atoms with van der Waals surface area (Å²) < 4.78 is 10.0. The van der Waals surface area contributed by atoms with Gasteiger partial charge in [0.1, 0.15) is 5.76 Å². The minimum absolute atomic E-state index is 0.289. The molecule has 1 N–H and O–H groups in total. The first-order chi connectivity index (χ1) is 10.3. The third-order valence-electron chi connectivity index (χ3n) is 2.99. The smallest absolute Gasteiger partial charge is 0.338 e. The summed E-state index contributed by atoms with van der Waals surface area (Å²) in [5.74, 6) is -0.135. The number of nitrogens with one attached hydrogen (secondary N) is 1. The Hall–Kier alpha value is -2.63. The molecule has 22 heavy (non-hydrogen) atoms. The molecule has 0 aliphatic rings. The van der Waals surface area contributed by atoms with Crippen LogP contribution < -0.4 is 5.32 Å². The Morgan fingerprint density at radius 2 is 1.77 bits per heavy atom. The summed E-state index contributed by atoms with van der Waals surface area (Å²) in [6.45, 7) is 7.01. The van der Waals surface area contributed by atoms with E-state index in [2.05, 4.69) is 10.5 Å². The van der Waals surface area contributed by atoms with Crippen molar-refractivity contribution in [1.29, 1.82) is 0 Å². The predicted molar refractivity (Wildman–Crippen MR) is 80.7 cm³/mol. The number of carbonyl (C=O) groups is 2. The minimum Gasteiger partial charge on any atom is -0.449 e. The van der Waals surface area contributed by atoms with Crippen molar-refractivity contribution in [2.45, 2.75) is 33.8 Å². The lowest BCUT2D eigenvalue weighted by atomic mass is 10.1. The van der Waals surface area contributed by atoms with Gasteiger partial charge < -0.3 is 14.6 Å². The van der Waals surface area contributed by atoms with Crippen molar-refractivity contribution >= 4 is 17.7 Å². The molecule has 0 radical (unpaired) electrons. The summed E-state index contributed by atoms with van der Waals surface area (Å²) in [6.07, 6.45) is -0.940. The lowest BCUT2D eigenvalue weighted by Gasteiger charge is -2.13. The zero-order valence-electron chi connectivity index (χ0n) is 13.0. The van der Waals surface area contributed by atoms with Gasteiger partial charge in [-0.05, 0) is 39.8 Å². The number of aryl methyl sites for hydroxylation is 3. The van der Waals surface area contributed by atoms with Crippen molar-refractivity contribution < 1.29 is 18.8 Å². The van der Waals surface area contributed by atoms with E-state index in [-0.39, 0.29) is 5.82 Å². The van der Waals surface area contributed by atoms with Crippen LogP contribution in [0.5, 0.6) is 0 Å². The van der Waals surface area contributed by atoms with Crippen LogP contribution in [0.15, 0.2) is 28.8 Å². The number of hydrogen-bond donors (Lipinski definition) is 1. The van der Waals surface area contributed by atoms with Crippen molar-refractivity contribution in [3.63, 3.8) is 0 Å². The van der Waals surface area contributed by atoms with E-state index in [1.807, 2.05) is 19.9 Å². The van der Waals surface area contributed by atoms with Crippen molar-refractivity contribution in [1.82, 2.24) is 5.16 Å². The van der Waals surface area contributed by atoms with E-state index in [0.29, 0.717) is 11.3 Å². The summed E-state index contributed by atoms with van der Waals surface area (Å²) in [6, 6.07) is 6.98. The molecule has 1 aromatic heterocycles. The molecule has 0 spiro atoms. The molecular formula is C16H18N2O4. The Labute approximate surface area is 128 Å². The van der Waals surface area contributed by atoms with Crippen molar-refractivity contribution in [2.24, 2.45) is 0 Å². The molecule has 0 saturated heterocycles. The molecule has 6 heteroatoms. The van der Waals surface area contributed by atoms with E-state index >= 15 is 0 Å². The molecular weight excluding hydrogens is 284 g/mol. The zero-order chi connectivity index (χ0) is 16.3. The summed E-state index contributed by atoms with van der Waals surface area (Å²) in [4.78, 5) is 24.0. The van der Waals surface area contributed by atoms with Crippen LogP contribution >= 0.6 is 0 Å². The van der Waals surface area contributed by atoms with Crippen molar-refractivity contribution in [3.05, 3.63) is 46.7 Å². The average molecular weight is 302 g/mol. The average Bonchev–Trinajstić information content (AvgIpc) is 2.82. The number of anilines is 1. The third kappa shape index (κ3) is 3.94. The van der Waals surface area contributed by atoms with Crippen molar-refractivity contribution in [2.75, 3.05) is 5.32 Å². The normalized spacial score (nSPS) is 11.8. The molecule has 1 aromatic carbocycles. The fraction of sp³-hybridized carbons (Fsp3) is 0.312. The molecule has 116 valence electrons. The van der Waals surface area contributed by atoms with Crippen molar-refractivity contribution in [3.8, 4) is 0 Å². The number of nitrogens with zero attached hydrogens (tertiary/aromatic N) is 1. The second-order valence-corrected chi connectivity index (χ2v) is 5.24. The largest absolute Gasteiger partial charge is 0.449 e. The Balaban J connectivity index is 1.99. The number of aromatic nitrogens is 1. The molecule has 1 atom stereocenters. The Morgan fingerprint density at radius 3 is 2.32 bits per heavy atom. The number of esters is 1. The molecule has 0 bridgehead atoms. The highest BCUT2D eigenvalue weighted by Crippen LogP contribution is 2.12. The van der Waals surface area contributed by atoms with E-state index in [0.717, 1.165) is 11.1 Å². The van der Waals surface area contributed by atoms with Gasteiger partial charge in [0.2, 0.25) is 0 Å². The van der Waals surface area contributed by atoms with Gasteiger partial charge in [-0.25, -0.2) is 4.79 Å². The van der Waals surface area contributed by atoms with Crippen LogP contribution in [0.1, 0.15) is 34.2 Å². The molecule has 2 aromatic rings. The Bertz CT molecular complexity index is 686. The fourth-order valence-corrected chi connectivity index (χ4v) is 2.03. The summed E-state index contributed by atoms with van der Waals surface area (Å²) in [5.41, 5.74) is 2.35. The second-order valence-electron chi connectivity index (χ2n) is 5.24. The summed E-state index contributed by atoms with van der Waals surface area (Å²) in [5, 5.41) is 6.17. The van der Waals surface area contributed by atoms with Gasteiger partial charge in [0.15, 0.2) is 11.9 Å². The lowest BCUT2D eigenvalue weighted by molar-refractivity contribution is -0.123. The maximum atomic E-state index is 12.1. The molecule has 0 aliphatic carbocycles. The zero-order valence-corrected chi connectivity index (χ0v) is 13.0. The SMILES string of the molecule is Cc1cc(C)cc(C(=O)O[C@H](C)C(=O)Nc2cc(C)on2)c1. The van der Waals surface area contributed by atoms with E-state index in [1.165, 1.54) is 6.92 Å². The molecule has 0 aliphatic heterocycles. The minimum atomic E-state index is -0.940. The number of benzene rings is 1. The van der Waals surface area contributed by atoms with Gasteiger partial charge in [0.25, 0.3) is 5.91 Å². The van der Waals surface area contributed by atoms with E-state index < -0.39 is 18.0 Å². The standard InChI is InChI=1S/C16H18N2O4/c1-9-5-10(2)7-13(6-9)16(20)21-12(4)15(19)17-14-8-11(3)22-18-14/h5-8,12H,1-4H3,(H,17,18,19)/t12-/m1/s1. The van der Waals surface area contributed by atoms with Gasteiger partial charge in [-0.3, -0.25) is 4.79 Å². The van der Waals surface area contributed by atoms with Gasteiger partial charge in [0, 0.05) is 6.07 Å². The number of amides is 1. The Morgan fingerprint density at radius 1 is 1.14 bits per heavy atom. The van der Waals surface area contributed by atoms with E-state index in [1.54, 1.807) is 25.1 Å². The highest BCUT2D eigenvalue weighted by Gasteiger charge is 2.20. The number of ether oxygens (including phenoxy) is 1. The van der Waals surface area contributed by atoms with Crippen LogP contribution in [-0.4, -0.2) is 23.1 Å². The first-order valence-electron chi connectivity index (χ1n) is 6.88. The van der Waals surface area contributed by atoms with E-state index in [9.17, 15) is 9.59 Å². The van der Waals surface area contributed by atoms with Crippen LogP contribution in [0.3, 0.4) is 0 Å². The molecule has 2 rings (SSSR count). The molecule has 1 heterocycles. The monoisotopic (exact) mass is 302 g/mol. The first kappa shape index (κ1) is 15.8. The van der Waals surface area contributed by atoms with Crippen LogP contribution in [0, 0.1) is 20.8 Å². The number of hydrogen-bond acceptors (Lipinski definition) is 5. The van der Waals surface area contributed by atoms with Crippen LogP contribution in [-0.2, 0) is 9.53 Å². The second kappa shape index (κ2) is 6.43.